The van der Waals surface area contributed by atoms with Crippen molar-refractivity contribution in [3.63, 3.8) is 0 Å². The van der Waals surface area contributed by atoms with Crippen LogP contribution in [0.4, 0.5) is 5.69 Å². The maximum Gasteiger partial charge on any atom is 0.160 e. The molecule has 0 spiro atoms. The molecule has 0 aliphatic rings. The Bertz CT molecular complexity index is 554. The lowest BCUT2D eigenvalue weighted by molar-refractivity contribution is 0.373. The van der Waals surface area contributed by atoms with Crippen LogP contribution in [-0.4, -0.2) is 21.8 Å². The second-order valence-corrected chi connectivity index (χ2v) is 4.18. The summed E-state index contributed by atoms with van der Waals surface area (Å²) >= 11 is 5.89. The third-order valence-electron chi connectivity index (χ3n) is 2.66. The fourth-order valence-electron chi connectivity index (χ4n) is 1.57. The molecule has 0 saturated carbocycles. The van der Waals surface area contributed by atoms with Gasteiger partial charge in [-0.1, -0.05) is 11.6 Å². The summed E-state index contributed by atoms with van der Waals surface area (Å²) in [6.07, 6.45) is 1.60. The van der Waals surface area contributed by atoms with E-state index in [4.69, 9.17) is 16.3 Å². The Balaban J connectivity index is 2.06. The topological polar surface area (TPSA) is 59.3 Å². The van der Waals surface area contributed by atoms with E-state index in [0.717, 1.165) is 11.5 Å². The number of nitrogens with zero attached hydrogens (tertiary/aromatic N) is 2. The van der Waals surface area contributed by atoms with Crippen molar-refractivity contribution >= 4 is 17.3 Å². The van der Waals surface area contributed by atoms with Crippen LogP contribution >= 0.6 is 11.6 Å². The van der Waals surface area contributed by atoms with E-state index in [-0.39, 0.29) is 5.75 Å². The summed E-state index contributed by atoms with van der Waals surface area (Å²) in [5.74, 6) is 1.36. The number of ether oxygens (including phenoxy) is 1. The molecule has 0 atom stereocenters. The molecule has 96 valence electrons. The Labute approximate surface area is 110 Å². The van der Waals surface area contributed by atoms with Gasteiger partial charge in [-0.2, -0.15) is 0 Å². The molecule has 0 amide bonds. The number of nitrogens with one attached hydrogen (secondary N) is 1. The molecule has 2 N–H and O–H groups in total. The maximum atomic E-state index is 9.64. The largest absolute Gasteiger partial charge is 0.504 e. The average Bonchev–Trinajstić information content (AvgIpc) is 2.68. The van der Waals surface area contributed by atoms with Crippen molar-refractivity contribution in [2.75, 3.05) is 12.4 Å². The minimum Gasteiger partial charge on any atom is -0.504 e. The monoisotopic (exact) mass is 267 g/mol. The number of hydrogen-bond acceptors (Lipinski definition) is 4. The smallest absolute Gasteiger partial charge is 0.160 e. The minimum absolute atomic E-state index is 0.0976. The quantitative estimate of drug-likeness (QED) is 0.893. The van der Waals surface area contributed by atoms with Gasteiger partial charge in [0, 0.05) is 18.8 Å². The standard InChI is InChI=1S/C12H14ClN3O2/c1-16-11(13)6-15-12(16)7-14-8-3-4-10(18-2)9(17)5-8/h3-6,14,17H,7H2,1-2H3. The fourth-order valence-corrected chi connectivity index (χ4v) is 1.72. The lowest BCUT2D eigenvalue weighted by Crippen LogP contribution is -2.06. The zero-order valence-corrected chi connectivity index (χ0v) is 10.9. The highest BCUT2D eigenvalue weighted by Gasteiger charge is 2.05. The van der Waals surface area contributed by atoms with Crippen LogP contribution in [-0.2, 0) is 13.6 Å². The van der Waals surface area contributed by atoms with E-state index in [2.05, 4.69) is 10.3 Å². The van der Waals surface area contributed by atoms with Gasteiger partial charge in [0.15, 0.2) is 11.5 Å². The van der Waals surface area contributed by atoms with Crippen molar-refractivity contribution in [2.45, 2.75) is 6.54 Å². The Morgan fingerprint density at radius 2 is 2.28 bits per heavy atom. The van der Waals surface area contributed by atoms with Crippen LogP contribution in [0.25, 0.3) is 0 Å². The van der Waals surface area contributed by atoms with Gasteiger partial charge in [-0.25, -0.2) is 4.98 Å². The van der Waals surface area contributed by atoms with E-state index >= 15 is 0 Å². The van der Waals surface area contributed by atoms with E-state index in [0.29, 0.717) is 17.4 Å². The lowest BCUT2D eigenvalue weighted by atomic mass is 10.2. The number of aromatic hydroxyl groups is 1. The predicted molar refractivity (Wildman–Crippen MR) is 70.2 cm³/mol. The first-order valence-electron chi connectivity index (χ1n) is 5.39. The fraction of sp³-hybridized carbons (Fsp3) is 0.250. The highest BCUT2D eigenvalue weighted by atomic mass is 35.5. The molecular formula is C12H14ClN3O2. The molecule has 0 aliphatic carbocycles. The summed E-state index contributed by atoms with van der Waals surface area (Å²) in [6, 6.07) is 5.12. The van der Waals surface area contributed by atoms with Gasteiger partial charge in [0.05, 0.1) is 19.9 Å². The van der Waals surface area contributed by atoms with Gasteiger partial charge in [0.1, 0.15) is 11.0 Å². The number of imidazole rings is 1. The first kappa shape index (κ1) is 12.6. The second kappa shape index (κ2) is 5.18. The van der Waals surface area contributed by atoms with Crippen molar-refractivity contribution in [1.82, 2.24) is 9.55 Å². The summed E-state index contributed by atoms with van der Waals surface area (Å²) in [6.45, 7) is 0.523. The first-order chi connectivity index (χ1) is 8.61. The SMILES string of the molecule is COc1ccc(NCc2ncc(Cl)n2C)cc1O. The van der Waals surface area contributed by atoms with Crippen molar-refractivity contribution in [2.24, 2.45) is 7.05 Å². The Kier molecular flexibility index (Phi) is 3.62. The van der Waals surface area contributed by atoms with Gasteiger partial charge < -0.3 is 19.7 Å². The molecule has 6 heteroatoms. The summed E-state index contributed by atoms with van der Waals surface area (Å²) in [5, 5.41) is 13.4. The van der Waals surface area contributed by atoms with Crippen LogP contribution < -0.4 is 10.1 Å². The summed E-state index contributed by atoms with van der Waals surface area (Å²) < 4.78 is 6.76. The Hall–Kier alpha value is -1.88. The molecule has 0 saturated heterocycles. The number of methoxy groups -OCH3 is 1. The van der Waals surface area contributed by atoms with Crippen molar-refractivity contribution in [1.29, 1.82) is 0 Å². The van der Waals surface area contributed by atoms with Gasteiger partial charge >= 0.3 is 0 Å². The van der Waals surface area contributed by atoms with E-state index in [9.17, 15) is 5.11 Å². The van der Waals surface area contributed by atoms with Crippen molar-refractivity contribution in [3.8, 4) is 11.5 Å². The first-order valence-corrected chi connectivity index (χ1v) is 5.76. The van der Waals surface area contributed by atoms with E-state index in [1.807, 2.05) is 13.1 Å². The van der Waals surface area contributed by atoms with Crippen LogP contribution in [0.15, 0.2) is 24.4 Å². The summed E-state index contributed by atoms with van der Waals surface area (Å²) in [4.78, 5) is 4.17. The van der Waals surface area contributed by atoms with Gasteiger partial charge in [-0.15, -0.1) is 0 Å². The number of halogens is 1. The molecule has 0 bridgehead atoms. The number of phenols is 1. The molecule has 2 aromatic rings. The molecule has 0 aliphatic heterocycles. The maximum absolute atomic E-state index is 9.64. The highest BCUT2D eigenvalue weighted by Crippen LogP contribution is 2.28. The van der Waals surface area contributed by atoms with Gasteiger partial charge in [-0.3, -0.25) is 0 Å². The normalized spacial score (nSPS) is 10.4. The third-order valence-corrected chi connectivity index (χ3v) is 3.01. The number of aromatic nitrogens is 2. The van der Waals surface area contributed by atoms with Crippen molar-refractivity contribution < 1.29 is 9.84 Å². The zero-order valence-electron chi connectivity index (χ0n) is 10.1. The van der Waals surface area contributed by atoms with Gasteiger partial charge in [0.2, 0.25) is 0 Å². The molecule has 18 heavy (non-hydrogen) atoms. The Morgan fingerprint density at radius 3 is 2.83 bits per heavy atom. The molecule has 5 nitrogen and oxygen atoms in total. The Morgan fingerprint density at radius 1 is 1.50 bits per heavy atom. The number of hydrogen-bond donors (Lipinski definition) is 2. The molecule has 0 unspecified atom stereocenters. The molecule has 1 heterocycles. The zero-order chi connectivity index (χ0) is 13.1. The third kappa shape index (κ3) is 2.51. The summed E-state index contributed by atoms with van der Waals surface area (Å²) in [7, 11) is 3.36. The molecule has 2 rings (SSSR count). The molecular weight excluding hydrogens is 254 g/mol. The predicted octanol–water partition coefficient (Wildman–Crippen LogP) is 2.40. The van der Waals surface area contributed by atoms with E-state index in [1.165, 1.54) is 7.11 Å². The summed E-state index contributed by atoms with van der Waals surface area (Å²) in [5.41, 5.74) is 0.785. The van der Waals surface area contributed by atoms with Crippen LogP contribution in [0, 0.1) is 0 Å². The number of anilines is 1. The second-order valence-electron chi connectivity index (χ2n) is 3.80. The molecule has 0 radical (unpaired) electrons. The average molecular weight is 268 g/mol. The number of phenolic OH excluding ortho intramolecular Hbond substituents is 1. The molecule has 0 fully saturated rings. The van der Waals surface area contributed by atoms with Crippen molar-refractivity contribution in [3.05, 3.63) is 35.4 Å². The van der Waals surface area contributed by atoms with Crippen LogP contribution in [0.1, 0.15) is 5.82 Å². The molecule has 1 aromatic carbocycles. The van der Waals surface area contributed by atoms with Crippen LogP contribution in [0.3, 0.4) is 0 Å². The lowest BCUT2D eigenvalue weighted by Gasteiger charge is -2.09. The van der Waals surface area contributed by atoms with E-state index in [1.54, 1.807) is 22.9 Å². The highest BCUT2D eigenvalue weighted by molar-refractivity contribution is 6.29. The van der Waals surface area contributed by atoms with Gasteiger partial charge in [-0.05, 0) is 12.1 Å². The van der Waals surface area contributed by atoms with Crippen LogP contribution in [0.2, 0.25) is 5.15 Å². The van der Waals surface area contributed by atoms with Gasteiger partial charge in [0.25, 0.3) is 0 Å². The van der Waals surface area contributed by atoms with Crippen LogP contribution in [0.5, 0.6) is 11.5 Å². The number of rotatable bonds is 4. The molecule has 1 aromatic heterocycles. The van der Waals surface area contributed by atoms with E-state index < -0.39 is 0 Å². The number of benzene rings is 1. The minimum atomic E-state index is 0.0976.